The van der Waals surface area contributed by atoms with Gasteiger partial charge in [-0.1, -0.05) is 30.3 Å². The molecule has 0 aliphatic carbocycles. The highest BCUT2D eigenvalue weighted by Gasteiger charge is 2.22. The first kappa shape index (κ1) is 25.5. The number of rotatable bonds is 6. The van der Waals surface area contributed by atoms with Gasteiger partial charge in [0.2, 0.25) is 11.7 Å². The number of aliphatic carboxylic acids is 2. The topological polar surface area (TPSA) is 137 Å². The number of benzene rings is 2. The lowest BCUT2D eigenvalue weighted by molar-refractivity contribution is -0.159. The van der Waals surface area contributed by atoms with Gasteiger partial charge in [0.25, 0.3) is 0 Å². The summed E-state index contributed by atoms with van der Waals surface area (Å²) in [5, 5.41) is 24.8. The van der Waals surface area contributed by atoms with Crippen LogP contribution in [0.25, 0.3) is 0 Å². The van der Waals surface area contributed by atoms with Crippen molar-refractivity contribution in [2.75, 3.05) is 40.4 Å². The molecule has 2 aromatic carbocycles. The maximum absolute atomic E-state index is 12.5. The van der Waals surface area contributed by atoms with Crippen molar-refractivity contribution in [2.45, 2.75) is 13.0 Å². The molecule has 10 heteroatoms. The molecule has 1 saturated heterocycles. The summed E-state index contributed by atoms with van der Waals surface area (Å²) >= 11 is 0. The van der Waals surface area contributed by atoms with Gasteiger partial charge < -0.3 is 29.7 Å². The lowest BCUT2D eigenvalue weighted by Crippen LogP contribution is -2.48. The summed E-state index contributed by atoms with van der Waals surface area (Å²) in [5.74, 6) is -2.65. The fraction of sp³-hybridized carbons (Fsp3) is 0.348. The average molecular weight is 460 g/mol. The number of hydrogen-bond donors (Lipinski definition) is 3. The predicted octanol–water partition coefficient (Wildman–Crippen LogP) is 1.45. The van der Waals surface area contributed by atoms with Gasteiger partial charge in [-0.15, -0.1) is 0 Å². The number of phenolic OH excluding ortho intramolecular Hbond substituents is 1. The maximum atomic E-state index is 12.5. The van der Waals surface area contributed by atoms with Gasteiger partial charge in [0.1, 0.15) is 0 Å². The molecule has 0 spiro atoms. The summed E-state index contributed by atoms with van der Waals surface area (Å²) < 4.78 is 10.4. The lowest BCUT2D eigenvalue weighted by atomic mass is 10.1. The summed E-state index contributed by atoms with van der Waals surface area (Å²) in [4.78, 5) is 34.9. The number of amides is 1. The zero-order chi connectivity index (χ0) is 24.4. The quantitative estimate of drug-likeness (QED) is 0.547. The van der Waals surface area contributed by atoms with E-state index in [1.54, 1.807) is 0 Å². The molecule has 3 rings (SSSR count). The highest BCUT2D eigenvalue weighted by atomic mass is 16.5. The maximum Gasteiger partial charge on any atom is 0.414 e. The second-order valence-electron chi connectivity index (χ2n) is 7.28. The number of carbonyl (C=O) groups excluding carboxylic acids is 1. The third-order valence-electron chi connectivity index (χ3n) is 5.05. The number of carboxylic acid groups (broad SMARTS) is 2. The third kappa shape index (κ3) is 7.69. The molecule has 0 atom stereocenters. The largest absolute Gasteiger partial charge is 0.502 e. The predicted molar refractivity (Wildman–Crippen MR) is 118 cm³/mol. The molecule has 0 aromatic heterocycles. The van der Waals surface area contributed by atoms with Gasteiger partial charge in [0, 0.05) is 32.7 Å². The minimum absolute atomic E-state index is 0.0140. The van der Waals surface area contributed by atoms with Crippen molar-refractivity contribution in [3.8, 4) is 17.2 Å². The first-order valence-electron chi connectivity index (χ1n) is 10.2. The number of piperazine rings is 1. The third-order valence-corrected chi connectivity index (χ3v) is 5.05. The van der Waals surface area contributed by atoms with E-state index in [4.69, 9.17) is 29.3 Å². The van der Waals surface area contributed by atoms with Crippen molar-refractivity contribution >= 4 is 17.8 Å². The van der Waals surface area contributed by atoms with E-state index >= 15 is 0 Å². The Morgan fingerprint density at radius 1 is 0.848 bits per heavy atom. The van der Waals surface area contributed by atoms with E-state index in [9.17, 15) is 9.90 Å². The highest BCUT2D eigenvalue weighted by molar-refractivity contribution is 6.27. The van der Waals surface area contributed by atoms with Crippen LogP contribution in [0.2, 0.25) is 0 Å². The van der Waals surface area contributed by atoms with Crippen molar-refractivity contribution in [1.82, 2.24) is 9.80 Å². The lowest BCUT2D eigenvalue weighted by Gasteiger charge is -2.35. The van der Waals surface area contributed by atoms with E-state index in [2.05, 4.69) is 4.90 Å². The number of hydrogen-bond acceptors (Lipinski definition) is 7. The van der Waals surface area contributed by atoms with Crippen LogP contribution in [-0.4, -0.2) is 83.4 Å². The van der Waals surface area contributed by atoms with Crippen molar-refractivity contribution in [2.24, 2.45) is 0 Å². The van der Waals surface area contributed by atoms with Crippen molar-refractivity contribution < 1.29 is 39.2 Å². The molecule has 2 aromatic rings. The number of phenols is 1. The number of methoxy groups -OCH3 is 2. The van der Waals surface area contributed by atoms with Gasteiger partial charge in [-0.2, -0.15) is 0 Å². The van der Waals surface area contributed by atoms with E-state index in [1.165, 1.54) is 14.2 Å². The zero-order valence-electron chi connectivity index (χ0n) is 18.6. The smallest absolute Gasteiger partial charge is 0.414 e. The Kier molecular flexibility index (Phi) is 9.49. The van der Waals surface area contributed by atoms with Crippen LogP contribution in [0, 0.1) is 0 Å². The molecule has 1 heterocycles. The Balaban J connectivity index is 0.000000569. The first-order chi connectivity index (χ1) is 15.7. The molecule has 1 fully saturated rings. The summed E-state index contributed by atoms with van der Waals surface area (Å²) in [6, 6.07) is 13.5. The Hall–Kier alpha value is -3.79. The Morgan fingerprint density at radius 2 is 1.36 bits per heavy atom. The fourth-order valence-corrected chi connectivity index (χ4v) is 3.33. The van der Waals surface area contributed by atoms with Crippen LogP contribution in [0.4, 0.5) is 0 Å². The standard InChI is InChI=1S/C21H26N2O4.C2H2O4/c1-26-18-12-17(13-19(27-2)21(18)25)15-22-8-10-23(11-9-22)20(24)14-16-6-4-3-5-7-16;3-1(4)2(5)6/h3-7,12-13,25H,8-11,14-15H2,1-2H3;(H,3,4)(H,5,6). The van der Waals surface area contributed by atoms with Gasteiger partial charge in [-0.25, -0.2) is 9.59 Å². The Morgan fingerprint density at radius 3 is 1.82 bits per heavy atom. The van der Waals surface area contributed by atoms with Crippen LogP contribution in [-0.2, 0) is 27.3 Å². The van der Waals surface area contributed by atoms with Crippen LogP contribution in [0.1, 0.15) is 11.1 Å². The second-order valence-corrected chi connectivity index (χ2v) is 7.28. The van der Waals surface area contributed by atoms with E-state index in [-0.39, 0.29) is 11.7 Å². The highest BCUT2D eigenvalue weighted by Crippen LogP contribution is 2.37. The minimum atomic E-state index is -1.82. The molecule has 1 aliphatic rings. The van der Waals surface area contributed by atoms with Crippen LogP contribution in [0.3, 0.4) is 0 Å². The van der Waals surface area contributed by atoms with Crippen LogP contribution < -0.4 is 9.47 Å². The van der Waals surface area contributed by atoms with E-state index in [1.807, 2.05) is 47.4 Å². The number of aromatic hydroxyl groups is 1. The molecule has 10 nitrogen and oxygen atoms in total. The SMILES string of the molecule is COc1cc(CN2CCN(C(=O)Cc3ccccc3)CC2)cc(OC)c1O.O=C(O)C(=O)O. The molecule has 0 saturated carbocycles. The van der Waals surface area contributed by atoms with Gasteiger partial charge in [-0.3, -0.25) is 9.69 Å². The molecule has 178 valence electrons. The van der Waals surface area contributed by atoms with Crippen LogP contribution in [0.5, 0.6) is 17.2 Å². The van der Waals surface area contributed by atoms with Crippen molar-refractivity contribution in [3.05, 3.63) is 53.6 Å². The molecule has 0 radical (unpaired) electrons. The molecule has 0 bridgehead atoms. The molecule has 1 aliphatic heterocycles. The molecule has 1 amide bonds. The van der Waals surface area contributed by atoms with Crippen molar-refractivity contribution in [1.29, 1.82) is 0 Å². The zero-order valence-corrected chi connectivity index (χ0v) is 18.6. The molecule has 3 N–H and O–H groups in total. The van der Waals surface area contributed by atoms with E-state index in [0.717, 1.165) is 37.3 Å². The van der Waals surface area contributed by atoms with Crippen LogP contribution >= 0.6 is 0 Å². The van der Waals surface area contributed by atoms with Gasteiger partial charge in [-0.05, 0) is 23.3 Å². The molecule has 0 unspecified atom stereocenters. The summed E-state index contributed by atoms with van der Waals surface area (Å²) in [6.45, 7) is 3.78. The number of ether oxygens (including phenoxy) is 2. The Bertz CT molecular complexity index is 919. The summed E-state index contributed by atoms with van der Waals surface area (Å²) in [6.07, 6.45) is 0.452. The summed E-state index contributed by atoms with van der Waals surface area (Å²) in [5.41, 5.74) is 2.05. The normalized spacial score (nSPS) is 13.5. The average Bonchev–Trinajstić information content (AvgIpc) is 2.81. The van der Waals surface area contributed by atoms with Crippen molar-refractivity contribution in [3.63, 3.8) is 0 Å². The monoisotopic (exact) mass is 460 g/mol. The fourth-order valence-electron chi connectivity index (χ4n) is 3.33. The minimum Gasteiger partial charge on any atom is -0.502 e. The second kappa shape index (κ2) is 12.3. The summed E-state index contributed by atoms with van der Waals surface area (Å²) in [7, 11) is 3.05. The number of carboxylic acids is 2. The number of carbonyl (C=O) groups is 3. The van der Waals surface area contributed by atoms with Crippen LogP contribution in [0.15, 0.2) is 42.5 Å². The molecular weight excluding hydrogens is 432 g/mol. The van der Waals surface area contributed by atoms with Gasteiger partial charge in [0.05, 0.1) is 20.6 Å². The van der Waals surface area contributed by atoms with Gasteiger partial charge in [0.15, 0.2) is 11.5 Å². The van der Waals surface area contributed by atoms with E-state index in [0.29, 0.717) is 24.5 Å². The molecule has 33 heavy (non-hydrogen) atoms. The molecular formula is C23H28N2O8. The Labute approximate surface area is 191 Å². The number of nitrogens with zero attached hydrogens (tertiary/aromatic N) is 2. The van der Waals surface area contributed by atoms with Gasteiger partial charge >= 0.3 is 11.9 Å². The van der Waals surface area contributed by atoms with E-state index < -0.39 is 11.9 Å². The first-order valence-corrected chi connectivity index (χ1v) is 10.2.